The molecule has 7 nitrogen and oxygen atoms in total. The van der Waals surface area contributed by atoms with E-state index in [1.54, 1.807) is 12.4 Å². The second kappa shape index (κ2) is 10.4. The van der Waals surface area contributed by atoms with E-state index in [1.807, 2.05) is 43.9 Å². The van der Waals surface area contributed by atoms with Gasteiger partial charge in [0.05, 0.1) is 29.1 Å². The van der Waals surface area contributed by atoms with Crippen molar-refractivity contribution in [1.82, 2.24) is 9.97 Å². The van der Waals surface area contributed by atoms with Crippen LogP contribution in [0.25, 0.3) is 11.4 Å². The third kappa shape index (κ3) is 4.62. The smallest absolute Gasteiger partial charge is 0.254 e. The zero-order valence-corrected chi connectivity index (χ0v) is 20.6. The molecule has 1 saturated carbocycles. The normalized spacial score (nSPS) is 14.3. The summed E-state index contributed by atoms with van der Waals surface area (Å²) >= 11 is 5.35. The molecular formula is C25H32N4O3S. The topological polar surface area (TPSA) is 99.1 Å². The minimum absolute atomic E-state index is 0.169. The third-order valence-corrected chi connectivity index (χ3v) is 6.53. The number of aromatic amines is 1. The summed E-state index contributed by atoms with van der Waals surface area (Å²) in [5.74, 6) is 1.07. The molecule has 0 atom stereocenters. The van der Waals surface area contributed by atoms with Gasteiger partial charge >= 0.3 is 0 Å². The van der Waals surface area contributed by atoms with E-state index in [-0.39, 0.29) is 11.3 Å². The molecule has 0 amide bonds. The average Bonchev–Trinajstić information content (AvgIpc) is 2.78. The van der Waals surface area contributed by atoms with Gasteiger partial charge in [0.15, 0.2) is 5.78 Å². The molecule has 33 heavy (non-hydrogen) atoms. The van der Waals surface area contributed by atoms with Gasteiger partial charge in [0, 0.05) is 17.7 Å². The summed E-state index contributed by atoms with van der Waals surface area (Å²) < 4.78 is 5.83. The maximum Gasteiger partial charge on any atom is 0.254 e. The molecule has 3 rings (SSSR count). The predicted octanol–water partition coefficient (Wildman–Crippen LogP) is 4.98. The Bertz CT molecular complexity index is 1120. The fraction of sp³-hybridized carbons (Fsp3) is 0.480. The second-order valence-electron chi connectivity index (χ2n) is 8.37. The summed E-state index contributed by atoms with van der Waals surface area (Å²) in [5, 5.41) is 8.37. The van der Waals surface area contributed by atoms with Crippen molar-refractivity contribution < 1.29 is 9.53 Å². The van der Waals surface area contributed by atoms with Crippen molar-refractivity contribution in [2.75, 3.05) is 11.5 Å². The maximum absolute atomic E-state index is 12.9. The van der Waals surface area contributed by atoms with Gasteiger partial charge in [-0.15, -0.1) is 0 Å². The molecule has 0 unspecified atom stereocenters. The number of hydrogen-bond acceptors (Lipinski definition) is 6. The van der Waals surface area contributed by atoms with Crippen LogP contribution < -0.4 is 15.2 Å². The first kappa shape index (κ1) is 24.8. The Hall–Kier alpha value is -2.87. The van der Waals surface area contributed by atoms with Gasteiger partial charge in [0.25, 0.3) is 5.56 Å². The summed E-state index contributed by atoms with van der Waals surface area (Å²) in [5.41, 5.74) is 3.13. The van der Waals surface area contributed by atoms with Gasteiger partial charge in [-0.1, -0.05) is 32.5 Å². The van der Waals surface area contributed by atoms with Crippen LogP contribution in [0.3, 0.4) is 0 Å². The highest BCUT2D eigenvalue weighted by Gasteiger charge is 2.47. The molecule has 0 bridgehead atoms. The maximum atomic E-state index is 12.9. The fourth-order valence-electron chi connectivity index (χ4n) is 4.36. The van der Waals surface area contributed by atoms with Gasteiger partial charge in [-0.25, -0.2) is 4.98 Å². The van der Waals surface area contributed by atoms with E-state index >= 15 is 0 Å². The van der Waals surface area contributed by atoms with E-state index in [1.165, 1.54) is 0 Å². The van der Waals surface area contributed by atoms with E-state index in [9.17, 15) is 9.59 Å². The predicted molar refractivity (Wildman–Crippen MR) is 136 cm³/mol. The Morgan fingerprint density at radius 2 is 2.06 bits per heavy atom. The molecule has 8 heteroatoms. The van der Waals surface area contributed by atoms with Gasteiger partial charge in [-0.05, 0) is 57.7 Å². The van der Waals surface area contributed by atoms with E-state index in [2.05, 4.69) is 9.97 Å². The molecule has 1 fully saturated rings. The van der Waals surface area contributed by atoms with Crippen LogP contribution in [-0.4, -0.2) is 39.1 Å². The number of hydrogen-bond donors (Lipinski definition) is 2. The quantitative estimate of drug-likeness (QED) is 0.357. The Labute approximate surface area is 200 Å². The van der Waals surface area contributed by atoms with E-state index in [0.29, 0.717) is 53.6 Å². The first-order chi connectivity index (χ1) is 15.8. The molecule has 1 heterocycles. The molecule has 1 aliphatic carbocycles. The largest absolute Gasteiger partial charge is 0.493 e. The number of ketones is 1. The molecule has 0 radical (unpaired) electrons. The number of carbonyl (C=O) groups is 1. The number of Topliss-reactive ketones (excluding diaryl/α,β-unsaturated/α-hetero) is 1. The lowest BCUT2D eigenvalue weighted by molar-refractivity contribution is -0.126. The van der Waals surface area contributed by atoms with E-state index in [4.69, 9.17) is 22.4 Å². The summed E-state index contributed by atoms with van der Waals surface area (Å²) in [6.07, 6.45) is 4.26. The number of rotatable bonds is 11. The number of benzene rings is 1. The van der Waals surface area contributed by atoms with Crippen molar-refractivity contribution in [1.29, 1.82) is 5.41 Å². The molecular weight excluding hydrogens is 436 g/mol. The van der Waals surface area contributed by atoms with Crippen LogP contribution in [0.2, 0.25) is 0 Å². The van der Waals surface area contributed by atoms with Crippen molar-refractivity contribution >= 4 is 34.9 Å². The van der Waals surface area contributed by atoms with Gasteiger partial charge < -0.3 is 20.0 Å². The zero-order chi connectivity index (χ0) is 24.2. The van der Waals surface area contributed by atoms with Crippen molar-refractivity contribution in [3.63, 3.8) is 0 Å². The molecule has 2 N–H and O–H groups in total. The van der Waals surface area contributed by atoms with Crippen molar-refractivity contribution in [3.8, 4) is 17.1 Å². The first-order valence-electron chi connectivity index (χ1n) is 11.6. The van der Waals surface area contributed by atoms with Crippen molar-refractivity contribution in [2.24, 2.45) is 0 Å². The minimum Gasteiger partial charge on any atom is -0.493 e. The van der Waals surface area contributed by atoms with Crippen LogP contribution in [0, 0.1) is 12.3 Å². The van der Waals surface area contributed by atoms with Gasteiger partial charge in [0.1, 0.15) is 17.1 Å². The number of aromatic nitrogens is 2. The number of anilines is 1. The third-order valence-electron chi connectivity index (χ3n) is 6.32. The standard InChI is InChI=1S/C25H32N4O3S/c1-5-9-19(26)22-16(4)24(31)28-23(27-22)18-14-17(10-11-20(18)32-7-3)29(15-33)25(12-8-13-25)21(30)6-2/h10-11,14-15,26H,5-9,12-13H2,1-4H3,(H,27,28,31). The van der Waals surface area contributed by atoms with Gasteiger partial charge in [-0.2, -0.15) is 0 Å². The number of ether oxygens (including phenoxy) is 1. The van der Waals surface area contributed by atoms with Crippen LogP contribution >= 0.6 is 12.2 Å². The monoisotopic (exact) mass is 468 g/mol. The minimum atomic E-state index is -0.622. The summed E-state index contributed by atoms with van der Waals surface area (Å²) in [6.45, 7) is 7.87. The molecule has 176 valence electrons. The number of nitrogens with one attached hydrogen (secondary N) is 2. The summed E-state index contributed by atoms with van der Waals surface area (Å²) in [4.78, 5) is 35.0. The van der Waals surface area contributed by atoms with Crippen LogP contribution in [0.1, 0.15) is 70.6 Å². The summed E-state index contributed by atoms with van der Waals surface area (Å²) in [6, 6.07) is 5.56. The molecule has 1 aliphatic rings. The highest BCUT2D eigenvalue weighted by atomic mass is 32.1. The average molecular weight is 469 g/mol. The highest BCUT2D eigenvalue weighted by Crippen LogP contribution is 2.43. The Kier molecular flexibility index (Phi) is 7.79. The van der Waals surface area contributed by atoms with Gasteiger partial charge in [-0.3, -0.25) is 9.59 Å². The molecule has 0 saturated heterocycles. The van der Waals surface area contributed by atoms with E-state index in [0.717, 1.165) is 31.4 Å². The van der Waals surface area contributed by atoms with E-state index < -0.39 is 5.54 Å². The van der Waals surface area contributed by atoms with Crippen molar-refractivity contribution in [3.05, 3.63) is 39.8 Å². The van der Waals surface area contributed by atoms with Crippen molar-refractivity contribution in [2.45, 2.75) is 71.8 Å². The summed E-state index contributed by atoms with van der Waals surface area (Å²) in [7, 11) is 0. The lowest BCUT2D eigenvalue weighted by Gasteiger charge is -2.48. The highest BCUT2D eigenvalue weighted by molar-refractivity contribution is 7.79. The number of thiocarbonyl (C=S) groups is 1. The van der Waals surface area contributed by atoms with Crippen LogP contribution in [-0.2, 0) is 4.79 Å². The Morgan fingerprint density at radius 1 is 1.33 bits per heavy atom. The van der Waals surface area contributed by atoms with Crippen LogP contribution in [0.5, 0.6) is 5.75 Å². The van der Waals surface area contributed by atoms with Gasteiger partial charge in [0.2, 0.25) is 0 Å². The lowest BCUT2D eigenvalue weighted by atomic mass is 9.71. The Morgan fingerprint density at radius 3 is 2.61 bits per heavy atom. The Balaban J connectivity index is 2.17. The second-order valence-corrected chi connectivity index (χ2v) is 8.58. The van der Waals surface area contributed by atoms with Crippen LogP contribution in [0.15, 0.2) is 23.0 Å². The molecule has 2 aromatic rings. The number of nitrogens with zero attached hydrogens (tertiary/aromatic N) is 2. The SMILES string of the molecule is CCCC(=N)c1nc(-c2cc(N(C=S)C3(C(=O)CC)CCC3)ccc2OCC)[nH]c(=O)c1C. The molecule has 0 spiro atoms. The lowest BCUT2D eigenvalue weighted by Crippen LogP contribution is -2.58. The number of carbonyl (C=O) groups excluding carboxylic acids is 1. The molecule has 1 aromatic heterocycles. The van der Waals surface area contributed by atoms with Crippen LogP contribution in [0.4, 0.5) is 5.69 Å². The molecule has 0 aliphatic heterocycles. The fourth-order valence-corrected chi connectivity index (χ4v) is 4.68. The molecule has 1 aromatic carbocycles. The zero-order valence-electron chi connectivity index (χ0n) is 19.8. The first-order valence-corrected chi connectivity index (χ1v) is 12.0. The number of H-pyrrole nitrogens is 1.